The van der Waals surface area contributed by atoms with Crippen LogP contribution < -0.4 is 19.5 Å². The monoisotopic (exact) mass is 632 g/mol. The van der Waals surface area contributed by atoms with Crippen molar-refractivity contribution in [1.82, 2.24) is 4.98 Å². The van der Waals surface area contributed by atoms with E-state index in [1.807, 2.05) is 51.1 Å². The number of unbranched alkanes of at least 4 members (excludes halogenated alkanes) is 1. The van der Waals surface area contributed by atoms with Crippen molar-refractivity contribution in [3.8, 4) is 17.2 Å². The molecule has 0 spiro atoms. The number of pyridine rings is 1. The van der Waals surface area contributed by atoms with Gasteiger partial charge in [0.15, 0.2) is 5.78 Å². The molecule has 3 aromatic rings. The third-order valence-corrected chi connectivity index (χ3v) is 7.94. The van der Waals surface area contributed by atoms with Crippen LogP contribution in [0.3, 0.4) is 0 Å². The zero-order valence-corrected chi connectivity index (χ0v) is 27.5. The van der Waals surface area contributed by atoms with Crippen LogP contribution in [0.2, 0.25) is 0 Å². The van der Waals surface area contributed by atoms with Gasteiger partial charge >= 0.3 is 5.97 Å². The Hall–Kier alpha value is -4.40. The minimum atomic E-state index is -0.878. The number of ketones is 2. The van der Waals surface area contributed by atoms with Gasteiger partial charge in [0, 0.05) is 49.6 Å². The van der Waals surface area contributed by atoms with Gasteiger partial charge in [-0.15, -0.1) is 0 Å². The summed E-state index contributed by atoms with van der Waals surface area (Å²) in [5.41, 5.74) is 1.58. The number of methoxy groups -OCH3 is 1. The molecule has 46 heavy (non-hydrogen) atoms. The summed E-state index contributed by atoms with van der Waals surface area (Å²) in [6, 6.07) is 18.4. The maximum absolute atomic E-state index is 13.1. The summed E-state index contributed by atoms with van der Waals surface area (Å²) in [7, 11) is 1.62. The molecular weight excluding hydrogens is 584 g/mol. The molecule has 0 aliphatic heterocycles. The Labute approximate surface area is 272 Å². The molecule has 0 amide bonds. The molecular formula is C37H48N2O7. The summed E-state index contributed by atoms with van der Waals surface area (Å²) in [5, 5.41) is 12.8. The van der Waals surface area contributed by atoms with E-state index in [9.17, 15) is 19.5 Å². The van der Waals surface area contributed by atoms with Gasteiger partial charge in [0.1, 0.15) is 28.8 Å². The number of hydrogen-bond acceptors (Lipinski definition) is 8. The highest BCUT2D eigenvalue weighted by Gasteiger charge is 2.24. The first-order valence-corrected chi connectivity index (χ1v) is 16.1. The highest BCUT2D eigenvalue weighted by atomic mass is 16.5. The Morgan fingerprint density at radius 1 is 0.826 bits per heavy atom. The van der Waals surface area contributed by atoms with E-state index < -0.39 is 5.97 Å². The molecule has 2 atom stereocenters. The smallest absolute Gasteiger partial charge is 0.303 e. The van der Waals surface area contributed by atoms with Crippen molar-refractivity contribution in [2.45, 2.75) is 65.7 Å². The number of Topliss-reactive ketones (excluding diaryl/α,β-unsaturated/α-hetero) is 2. The van der Waals surface area contributed by atoms with Crippen LogP contribution >= 0.6 is 0 Å². The first-order valence-electron chi connectivity index (χ1n) is 16.1. The van der Waals surface area contributed by atoms with Crippen molar-refractivity contribution in [3.05, 3.63) is 78.0 Å². The molecule has 9 nitrogen and oxygen atoms in total. The third-order valence-electron chi connectivity index (χ3n) is 7.94. The van der Waals surface area contributed by atoms with Crippen LogP contribution in [-0.4, -0.2) is 54.5 Å². The lowest BCUT2D eigenvalue weighted by Crippen LogP contribution is -2.21. The van der Waals surface area contributed by atoms with Crippen LogP contribution in [0.15, 0.2) is 66.9 Å². The number of benzene rings is 2. The largest absolute Gasteiger partial charge is 0.497 e. The van der Waals surface area contributed by atoms with Crippen molar-refractivity contribution >= 4 is 23.4 Å². The average molecular weight is 633 g/mol. The quantitative estimate of drug-likeness (QED) is 0.0868. The molecule has 0 aliphatic carbocycles. The van der Waals surface area contributed by atoms with Crippen molar-refractivity contribution in [2.24, 2.45) is 17.8 Å². The van der Waals surface area contributed by atoms with Crippen molar-refractivity contribution in [1.29, 1.82) is 0 Å². The van der Waals surface area contributed by atoms with E-state index in [4.69, 9.17) is 14.2 Å². The number of hydrogen-bond donors (Lipinski definition) is 2. The zero-order valence-electron chi connectivity index (χ0n) is 27.5. The molecule has 9 heteroatoms. The molecule has 2 N–H and O–H groups in total. The number of carboxylic acids is 1. The fourth-order valence-electron chi connectivity index (χ4n) is 5.03. The van der Waals surface area contributed by atoms with Crippen LogP contribution in [0.5, 0.6) is 17.2 Å². The highest BCUT2D eigenvalue weighted by Crippen LogP contribution is 2.27. The van der Waals surface area contributed by atoms with Gasteiger partial charge in [-0.2, -0.15) is 0 Å². The summed E-state index contributed by atoms with van der Waals surface area (Å²) in [4.78, 5) is 40.8. The van der Waals surface area contributed by atoms with Gasteiger partial charge in [-0.05, 0) is 85.5 Å². The van der Waals surface area contributed by atoms with Crippen LogP contribution in [0.1, 0.15) is 75.2 Å². The Kier molecular flexibility index (Phi) is 15.0. The van der Waals surface area contributed by atoms with Crippen LogP contribution in [0.25, 0.3) is 0 Å². The van der Waals surface area contributed by atoms with Gasteiger partial charge in [0.2, 0.25) is 0 Å². The Balaban J connectivity index is 1.43. The summed E-state index contributed by atoms with van der Waals surface area (Å²) < 4.78 is 16.9. The van der Waals surface area contributed by atoms with Gasteiger partial charge in [-0.3, -0.25) is 14.4 Å². The van der Waals surface area contributed by atoms with E-state index >= 15 is 0 Å². The van der Waals surface area contributed by atoms with Gasteiger partial charge < -0.3 is 24.6 Å². The molecule has 0 fully saturated rings. The molecule has 248 valence electrons. The van der Waals surface area contributed by atoms with Crippen LogP contribution in [0.4, 0.5) is 5.82 Å². The van der Waals surface area contributed by atoms with E-state index in [1.165, 1.54) is 0 Å². The lowest BCUT2D eigenvalue weighted by molar-refractivity contribution is -0.138. The van der Waals surface area contributed by atoms with E-state index in [-0.39, 0.29) is 42.2 Å². The van der Waals surface area contributed by atoms with E-state index in [0.717, 1.165) is 42.1 Å². The van der Waals surface area contributed by atoms with Crippen molar-refractivity contribution in [3.63, 3.8) is 0 Å². The molecule has 0 saturated heterocycles. The Morgan fingerprint density at radius 3 is 2.11 bits per heavy atom. The summed E-state index contributed by atoms with van der Waals surface area (Å²) in [6.45, 7) is 7.52. The average Bonchev–Trinajstić information content (AvgIpc) is 3.04. The van der Waals surface area contributed by atoms with E-state index in [2.05, 4.69) is 10.3 Å². The molecule has 1 heterocycles. The first kappa shape index (κ1) is 36.1. The topological polar surface area (TPSA) is 124 Å². The predicted octanol–water partition coefficient (Wildman–Crippen LogP) is 7.29. The molecule has 0 bridgehead atoms. The molecule has 0 saturated carbocycles. The molecule has 1 unspecified atom stereocenters. The number of aliphatic carboxylic acids is 1. The number of nitrogens with zero attached hydrogens (tertiary/aromatic N) is 1. The zero-order chi connectivity index (χ0) is 33.3. The Morgan fingerprint density at radius 2 is 1.48 bits per heavy atom. The first-order chi connectivity index (χ1) is 22.1. The standard InChI is InChI=1S/C37H48N2O7/c1-26(2)34(40)8-5-6-20-45-32-15-11-29(12-16-32)35(41)22-27(3)30(24-37(42)43)23-28-9-13-31(14-10-28)46-21-7-18-38-36-25-33(44-4)17-19-39-36/h9-17,19,25-27,30H,5-8,18,20-24H2,1-4H3,(H,38,39)(H,42,43)/t27?,30-/m0/s1. The second kappa shape index (κ2) is 19.2. The minimum absolute atomic E-state index is 0.0165. The number of carboxylic acid groups (broad SMARTS) is 1. The second-order valence-electron chi connectivity index (χ2n) is 12.0. The molecule has 0 radical (unpaired) electrons. The van der Waals surface area contributed by atoms with E-state index in [1.54, 1.807) is 43.6 Å². The van der Waals surface area contributed by atoms with Gasteiger partial charge in [-0.1, -0.05) is 32.9 Å². The molecule has 1 aromatic heterocycles. The minimum Gasteiger partial charge on any atom is -0.497 e. The summed E-state index contributed by atoms with van der Waals surface area (Å²) in [5.74, 6) is 2.02. The number of carbonyl (C=O) groups excluding carboxylic acids is 2. The van der Waals surface area contributed by atoms with Crippen LogP contribution in [0, 0.1) is 17.8 Å². The number of aromatic nitrogens is 1. The Bertz CT molecular complexity index is 1370. The fraction of sp³-hybridized carbons (Fsp3) is 0.459. The third kappa shape index (κ3) is 12.9. The lowest BCUT2D eigenvalue weighted by atomic mass is 9.82. The van der Waals surface area contributed by atoms with Crippen LogP contribution in [-0.2, 0) is 16.0 Å². The van der Waals surface area contributed by atoms with Crippen molar-refractivity contribution < 1.29 is 33.7 Å². The second-order valence-corrected chi connectivity index (χ2v) is 12.0. The maximum atomic E-state index is 13.1. The predicted molar refractivity (Wildman–Crippen MR) is 179 cm³/mol. The number of ether oxygens (including phenoxy) is 3. The van der Waals surface area contributed by atoms with Gasteiger partial charge in [-0.25, -0.2) is 4.98 Å². The summed E-state index contributed by atoms with van der Waals surface area (Å²) in [6.07, 6.45) is 5.41. The maximum Gasteiger partial charge on any atom is 0.303 e. The summed E-state index contributed by atoms with van der Waals surface area (Å²) >= 11 is 0. The number of rotatable bonds is 22. The number of anilines is 1. The van der Waals surface area contributed by atoms with Gasteiger partial charge in [0.25, 0.3) is 0 Å². The normalized spacial score (nSPS) is 12.3. The number of nitrogens with one attached hydrogen (secondary N) is 1. The van der Waals surface area contributed by atoms with E-state index in [0.29, 0.717) is 43.9 Å². The molecule has 3 rings (SSSR count). The molecule has 0 aliphatic rings. The van der Waals surface area contributed by atoms with Gasteiger partial charge in [0.05, 0.1) is 20.3 Å². The fourth-order valence-corrected chi connectivity index (χ4v) is 5.03. The van der Waals surface area contributed by atoms with Crippen molar-refractivity contribution in [2.75, 3.05) is 32.2 Å². The lowest BCUT2D eigenvalue weighted by Gasteiger charge is -2.22. The SMILES string of the molecule is COc1ccnc(NCCCOc2ccc(C[C@@H](CC(=O)O)C(C)CC(=O)c3ccc(OCCCCC(=O)C(C)C)cc3)cc2)c1. The number of carbonyl (C=O) groups is 3. The highest BCUT2D eigenvalue weighted by molar-refractivity contribution is 5.96. The molecule has 2 aromatic carbocycles.